The van der Waals surface area contributed by atoms with Gasteiger partial charge >= 0.3 is 0 Å². The number of aryl methyl sites for hydroxylation is 1. The maximum Gasteiger partial charge on any atom is 0.262 e. The molecule has 6 heteroatoms. The third-order valence-corrected chi connectivity index (χ3v) is 4.24. The van der Waals surface area contributed by atoms with E-state index in [1.807, 2.05) is 13.0 Å². The Morgan fingerprint density at radius 1 is 1.19 bits per heavy atom. The molecule has 0 heterocycles. The van der Waals surface area contributed by atoms with E-state index in [4.69, 9.17) is 10.00 Å². The molecule has 0 aliphatic carbocycles. The van der Waals surface area contributed by atoms with Gasteiger partial charge in [0.1, 0.15) is 5.75 Å². The topological polar surface area (TPSA) is 79.2 Å². The fourth-order valence-corrected chi connectivity index (χ4v) is 2.94. The number of ether oxygens (including phenoxy) is 1. The molecule has 0 radical (unpaired) electrons. The summed E-state index contributed by atoms with van der Waals surface area (Å²) in [5, 5.41) is 8.84. The molecule has 0 saturated heterocycles. The summed E-state index contributed by atoms with van der Waals surface area (Å²) in [7, 11) is -2.30. The fraction of sp³-hybridized carbons (Fsp3) is 0.133. The second kappa shape index (κ2) is 5.85. The largest absolute Gasteiger partial charge is 0.495 e. The van der Waals surface area contributed by atoms with E-state index in [1.165, 1.54) is 25.3 Å². The highest BCUT2D eigenvalue weighted by molar-refractivity contribution is 7.92. The van der Waals surface area contributed by atoms with E-state index in [0.29, 0.717) is 11.4 Å². The van der Waals surface area contributed by atoms with Crippen molar-refractivity contribution in [1.29, 1.82) is 5.26 Å². The van der Waals surface area contributed by atoms with E-state index >= 15 is 0 Å². The Balaban J connectivity index is 2.40. The molecule has 0 spiro atoms. The SMILES string of the molecule is COc1cc(C)ccc1NS(=O)(=O)c1cccc(C#N)c1. The van der Waals surface area contributed by atoms with Crippen molar-refractivity contribution < 1.29 is 13.2 Å². The summed E-state index contributed by atoms with van der Waals surface area (Å²) in [6.07, 6.45) is 0. The summed E-state index contributed by atoms with van der Waals surface area (Å²) in [5.41, 5.74) is 1.60. The van der Waals surface area contributed by atoms with Crippen molar-refractivity contribution in [2.45, 2.75) is 11.8 Å². The van der Waals surface area contributed by atoms with E-state index in [1.54, 1.807) is 24.3 Å². The summed E-state index contributed by atoms with van der Waals surface area (Å²) < 4.78 is 32.3. The molecule has 0 bridgehead atoms. The average Bonchev–Trinajstić information content (AvgIpc) is 2.49. The lowest BCUT2D eigenvalue weighted by molar-refractivity contribution is 0.416. The van der Waals surface area contributed by atoms with Crippen molar-refractivity contribution in [3.63, 3.8) is 0 Å². The van der Waals surface area contributed by atoms with E-state index in [2.05, 4.69) is 4.72 Å². The Bertz CT molecular complexity index is 808. The highest BCUT2D eigenvalue weighted by Crippen LogP contribution is 2.27. The standard InChI is InChI=1S/C15H14N2O3S/c1-11-6-7-14(15(8-11)20-2)17-21(18,19)13-5-3-4-12(9-13)10-16/h3-9,17H,1-2H3. The third kappa shape index (κ3) is 3.33. The van der Waals surface area contributed by atoms with Crippen molar-refractivity contribution in [3.8, 4) is 11.8 Å². The number of nitriles is 1. The van der Waals surface area contributed by atoms with Crippen LogP contribution in [0.25, 0.3) is 0 Å². The molecule has 0 aliphatic heterocycles. The van der Waals surface area contributed by atoms with E-state index < -0.39 is 10.0 Å². The molecular formula is C15H14N2O3S. The van der Waals surface area contributed by atoms with Gasteiger partial charge in [-0.15, -0.1) is 0 Å². The van der Waals surface area contributed by atoms with E-state index in [-0.39, 0.29) is 10.5 Å². The van der Waals surface area contributed by atoms with E-state index in [9.17, 15) is 8.42 Å². The predicted molar refractivity (Wildman–Crippen MR) is 79.7 cm³/mol. The van der Waals surface area contributed by atoms with Crippen LogP contribution in [0, 0.1) is 18.3 Å². The lowest BCUT2D eigenvalue weighted by Crippen LogP contribution is -2.13. The molecule has 0 aromatic heterocycles. The van der Waals surface area contributed by atoms with Gasteiger partial charge in [0.25, 0.3) is 10.0 Å². The van der Waals surface area contributed by atoms with Gasteiger partial charge in [0.2, 0.25) is 0 Å². The molecule has 0 saturated carbocycles. The predicted octanol–water partition coefficient (Wildman–Crippen LogP) is 2.68. The quantitative estimate of drug-likeness (QED) is 0.941. The van der Waals surface area contributed by atoms with Gasteiger partial charge in [0.05, 0.1) is 29.3 Å². The molecule has 2 aromatic rings. The summed E-state index contributed by atoms with van der Waals surface area (Å²) in [4.78, 5) is 0.0316. The molecular weight excluding hydrogens is 288 g/mol. The van der Waals surface area contributed by atoms with Crippen LogP contribution in [0.3, 0.4) is 0 Å². The number of nitrogens with zero attached hydrogens (tertiary/aromatic N) is 1. The Morgan fingerprint density at radius 3 is 2.62 bits per heavy atom. The highest BCUT2D eigenvalue weighted by atomic mass is 32.2. The number of sulfonamides is 1. The highest BCUT2D eigenvalue weighted by Gasteiger charge is 2.17. The molecule has 2 aromatic carbocycles. The fourth-order valence-electron chi connectivity index (χ4n) is 1.82. The molecule has 0 amide bonds. The minimum atomic E-state index is -3.77. The van der Waals surface area contributed by atoms with Gasteiger partial charge in [0.15, 0.2) is 0 Å². The normalized spacial score (nSPS) is 10.7. The van der Waals surface area contributed by atoms with Crippen LogP contribution in [0.15, 0.2) is 47.4 Å². The molecule has 0 atom stereocenters. The lowest BCUT2D eigenvalue weighted by atomic mass is 10.2. The lowest BCUT2D eigenvalue weighted by Gasteiger charge is -2.12. The van der Waals surface area contributed by atoms with Crippen LogP contribution in [0.5, 0.6) is 5.75 Å². The number of nitrogens with one attached hydrogen (secondary N) is 1. The minimum absolute atomic E-state index is 0.0316. The van der Waals surface area contributed by atoms with Gasteiger partial charge < -0.3 is 4.74 Å². The maximum absolute atomic E-state index is 12.3. The zero-order chi connectivity index (χ0) is 15.5. The molecule has 21 heavy (non-hydrogen) atoms. The van der Waals surface area contributed by atoms with Gasteiger partial charge in [-0.1, -0.05) is 12.1 Å². The average molecular weight is 302 g/mol. The Labute approximate surface area is 123 Å². The van der Waals surface area contributed by atoms with Crippen LogP contribution in [0.2, 0.25) is 0 Å². The van der Waals surface area contributed by atoms with Crippen molar-refractivity contribution >= 4 is 15.7 Å². The Kier molecular flexibility index (Phi) is 4.15. The summed E-state index contributed by atoms with van der Waals surface area (Å²) >= 11 is 0. The van der Waals surface area contributed by atoms with Crippen LogP contribution in [0.4, 0.5) is 5.69 Å². The number of anilines is 1. The first kappa shape index (κ1) is 14.9. The van der Waals surface area contributed by atoms with Gasteiger partial charge in [-0.05, 0) is 42.8 Å². The number of rotatable bonds is 4. The van der Waals surface area contributed by atoms with Crippen molar-refractivity contribution in [3.05, 3.63) is 53.6 Å². The molecule has 5 nitrogen and oxygen atoms in total. The van der Waals surface area contributed by atoms with Crippen LogP contribution in [-0.2, 0) is 10.0 Å². The van der Waals surface area contributed by atoms with Gasteiger partial charge in [0, 0.05) is 0 Å². The van der Waals surface area contributed by atoms with Crippen LogP contribution in [0.1, 0.15) is 11.1 Å². The number of hydrogen-bond donors (Lipinski definition) is 1. The maximum atomic E-state index is 12.3. The second-order valence-corrected chi connectivity index (χ2v) is 6.13. The summed E-state index contributed by atoms with van der Waals surface area (Å²) in [5.74, 6) is 0.440. The Morgan fingerprint density at radius 2 is 1.95 bits per heavy atom. The molecule has 1 N–H and O–H groups in total. The zero-order valence-electron chi connectivity index (χ0n) is 11.6. The van der Waals surface area contributed by atoms with Crippen molar-refractivity contribution in [1.82, 2.24) is 0 Å². The molecule has 108 valence electrons. The number of benzene rings is 2. The second-order valence-electron chi connectivity index (χ2n) is 4.45. The van der Waals surface area contributed by atoms with Crippen LogP contribution in [-0.4, -0.2) is 15.5 Å². The molecule has 2 rings (SSSR count). The first-order valence-electron chi connectivity index (χ1n) is 6.14. The molecule has 0 unspecified atom stereocenters. The van der Waals surface area contributed by atoms with Gasteiger partial charge in [-0.3, -0.25) is 4.72 Å². The summed E-state index contributed by atoms with van der Waals surface area (Å²) in [6.45, 7) is 1.89. The first-order valence-corrected chi connectivity index (χ1v) is 7.62. The van der Waals surface area contributed by atoms with Crippen molar-refractivity contribution in [2.24, 2.45) is 0 Å². The Hall–Kier alpha value is -2.52. The van der Waals surface area contributed by atoms with E-state index in [0.717, 1.165) is 5.56 Å². The van der Waals surface area contributed by atoms with Crippen LogP contribution >= 0.6 is 0 Å². The van der Waals surface area contributed by atoms with Gasteiger partial charge in [-0.2, -0.15) is 5.26 Å². The van der Waals surface area contributed by atoms with Crippen LogP contribution < -0.4 is 9.46 Å². The summed E-state index contributed by atoms with van der Waals surface area (Å²) in [6, 6.07) is 12.9. The first-order chi connectivity index (χ1) is 9.96. The molecule has 0 fully saturated rings. The monoisotopic (exact) mass is 302 g/mol. The zero-order valence-corrected chi connectivity index (χ0v) is 12.4. The third-order valence-electron chi connectivity index (χ3n) is 2.87. The van der Waals surface area contributed by atoms with Crippen molar-refractivity contribution in [2.75, 3.05) is 11.8 Å². The minimum Gasteiger partial charge on any atom is -0.495 e. The number of methoxy groups -OCH3 is 1. The number of hydrogen-bond acceptors (Lipinski definition) is 4. The smallest absolute Gasteiger partial charge is 0.262 e. The van der Waals surface area contributed by atoms with Gasteiger partial charge in [-0.25, -0.2) is 8.42 Å². The molecule has 0 aliphatic rings.